The van der Waals surface area contributed by atoms with Crippen molar-refractivity contribution in [1.29, 1.82) is 0 Å². The largest absolute Gasteiger partial charge is 0.484 e. The number of benzene rings is 2. The molecule has 3 rings (SSSR count). The molecule has 156 valence electrons. The van der Waals surface area contributed by atoms with E-state index < -0.39 is 11.8 Å². The Balaban J connectivity index is 1.47. The van der Waals surface area contributed by atoms with Gasteiger partial charge in [-0.05, 0) is 48.7 Å². The fourth-order valence-corrected chi connectivity index (χ4v) is 2.60. The molecule has 1 aliphatic rings. The Morgan fingerprint density at radius 2 is 1.87 bits per heavy atom. The van der Waals surface area contributed by atoms with E-state index in [1.54, 1.807) is 36.4 Å². The van der Waals surface area contributed by atoms with Crippen LogP contribution >= 0.6 is 23.2 Å². The van der Waals surface area contributed by atoms with Crippen LogP contribution in [0.2, 0.25) is 10.0 Å². The van der Waals surface area contributed by atoms with Gasteiger partial charge < -0.3 is 15.4 Å². The lowest BCUT2D eigenvalue weighted by Crippen LogP contribution is -2.38. The number of amides is 3. The lowest BCUT2D eigenvalue weighted by Gasteiger charge is -2.08. The molecule has 1 aliphatic carbocycles. The van der Waals surface area contributed by atoms with Crippen molar-refractivity contribution in [2.75, 3.05) is 11.9 Å². The molecule has 0 unspecified atom stereocenters. The predicted molar refractivity (Wildman–Crippen MR) is 114 cm³/mol. The molecular weight excluding hydrogens is 431 g/mol. The van der Waals surface area contributed by atoms with Gasteiger partial charge in [-0.15, -0.1) is 0 Å². The number of halogens is 2. The van der Waals surface area contributed by atoms with Crippen molar-refractivity contribution in [2.24, 2.45) is 5.10 Å². The van der Waals surface area contributed by atoms with Crippen LogP contribution in [-0.4, -0.2) is 36.6 Å². The molecule has 2 aromatic rings. The van der Waals surface area contributed by atoms with Crippen LogP contribution in [0.4, 0.5) is 5.69 Å². The molecule has 30 heavy (non-hydrogen) atoms. The van der Waals surface area contributed by atoms with Gasteiger partial charge in [-0.2, -0.15) is 5.10 Å². The molecule has 8 nitrogen and oxygen atoms in total. The summed E-state index contributed by atoms with van der Waals surface area (Å²) in [4.78, 5) is 35.2. The Labute approximate surface area is 182 Å². The van der Waals surface area contributed by atoms with Crippen molar-refractivity contribution < 1.29 is 19.1 Å². The van der Waals surface area contributed by atoms with Crippen molar-refractivity contribution >= 4 is 52.8 Å². The summed E-state index contributed by atoms with van der Waals surface area (Å²) in [5.41, 5.74) is 3.27. The van der Waals surface area contributed by atoms with E-state index >= 15 is 0 Å². The van der Waals surface area contributed by atoms with Gasteiger partial charge in [0.05, 0.1) is 16.3 Å². The number of anilines is 1. The van der Waals surface area contributed by atoms with Crippen LogP contribution in [0.1, 0.15) is 18.4 Å². The van der Waals surface area contributed by atoms with Crippen LogP contribution in [0.5, 0.6) is 5.75 Å². The Morgan fingerprint density at radius 1 is 1.07 bits per heavy atom. The summed E-state index contributed by atoms with van der Waals surface area (Å²) in [6.45, 7) is -0.223. The van der Waals surface area contributed by atoms with E-state index in [-0.39, 0.29) is 18.6 Å². The summed E-state index contributed by atoms with van der Waals surface area (Å²) < 4.78 is 5.47. The third-order valence-corrected chi connectivity index (χ3v) is 4.67. The number of nitrogens with zero attached hydrogens (tertiary/aromatic N) is 1. The van der Waals surface area contributed by atoms with Gasteiger partial charge in [0.1, 0.15) is 5.75 Å². The first kappa shape index (κ1) is 21.6. The number of ether oxygens (including phenoxy) is 1. The number of hydrazone groups is 1. The minimum atomic E-state index is -0.829. The van der Waals surface area contributed by atoms with Crippen molar-refractivity contribution in [2.45, 2.75) is 18.9 Å². The van der Waals surface area contributed by atoms with E-state index in [0.29, 0.717) is 27.0 Å². The smallest absolute Gasteiger partial charge is 0.329 e. The van der Waals surface area contributed by atoms with Crippen LogP contribution in [-0.2, 0) is 14.4 Å². The van der Waals surface area contributed by atoms with E-state index in [9.17, 15) is 14.4 Å². The highest BCUT2D eigenvalue weighted by atomic mass is 35.5. The number of rotatable bonds is 7. The molecule has 3 amide bonds. The van der Waals surface area contributed by atoms with Gasteiger partial charge in [0.25, 0.3) is 5.91 Å². The number of nitrogens with one attached hydrogen (secondary N) is 3. The zero-order valence-electron chi connectivity index (χ0n) is 15.7. The summed E-state index contributed by atoms with van der Waals surface area (Å²) in [7, 11) is 0. The molecule has 0 spiro atoms. The maximum absolute atomic E-state index is 12.0. The average Bonchev–Trinajstić information content (AvgIpc) is 3.53. The first-order valence-electron chi connectivity index (χ1n) is 9.02. The number of carbonyl (C=O) groups is 3. The molecule has 1 fully saturated rings. The second kappa shape index (κ2) is 10.1. The van der Waals surface area contributed by atoms with E-state index in [2.05, 4.69) is 21.2 Å². The summed E-state index contributed by atoms with van der Waals surface area (Å²) >= 11 is 11.8. The van der Waals surface area contributed by atoms with Gasteiger partial charge in [-0.3, -0.25) is 14.4 Å². The normalized spacial score (nSPS) is 13.0. The van der Waals surface area contributed by atoms with E-state index in [1.165, 1.54) is 12.3 Å². The molecule has 0 radical (unpaired) electrons. The first-order chi connectivity index (χ1) is 14.4. The van der Waals surface area contributed by atoms with Crippen molar-refractivity contribution in [3.63, 3.8) is 0 Å². The number of carbonyl (C=O) groups excluding carboxylic acids is 3. The molecular formula is C20H18Cl2N4O4. The molecule has 2 aromatic carbocycles. The molecule has 0 atom stereocenters. The first-order valence-corrected chi connectivity index (χ1v) is 9.78. The van der Waals surface area contributed by atoms with Crippen LogP contribution in [0.25, 0.3) is 0 Å². The Bertz CT molecular complexity index is 993. The monoisotopic (exact) mass is 448 g/mol. The Hall–Kier alpha value is -3.10. The molecule has 0 aromatic heterocycles. The standard InChI is InChI=1S/C20H18Cl2N4O4/c21-16-7-6-14(9-17(16)22)24-18(27)11-30-15-3-1-2-12(8-15)10-23-26-20(29)19(28)25-13-4-5-13/h1-3,6-10,13H,4-5,11H2,(H,24,27)(H,25,28)(H,26,29)/b23-10-. The van der Waals surface area contributed by atoms with Crippen LogP contribution in [0.3, 0.4) is 0 Å². The molecule has 0 heterocycles. The Morgan fingerprint density at radius 3 is 2.60 bits per heavy atom. The maximum atomic E-state index is 12.0. The zero-order valence-corrected chi connectivity index (χ0v) is 17.2. The second-order valence-electron chi connectivity index (χ2n) is 6.49. The summed E-state index contributed by atoms with van der Waals surface area (Å²) in [6.07, 6.45) is 3.14. The van der Waals surface area contributed by atoms with Gasteiger partial charge >= 0.3 is 11.8 Å². The second-order valence-corrected chi connectivity index (χ2v) is 7.30. The van der Waals surface area contributed by atoms with Gasteiger partial charge in [0, 0.05) is 11.7 Å². The van der Waals surface area contributed by atoms with Crippen LogP contribution in [0, 0.1) is 0 Å². The fourth-order valence-electron chi connectivity index (χ4n) is 2.30. The summed E-state index contributed by atoms with van der Waals surface area (Å²) in [5, 5.41) is 9.70. The molecule has 0 saturated heterocycles. The molecule has 0 bridgehead atoms. The highest BCUT2D eigenvalue weighted by Gasteiger charge is 2.26. The summed E-state index contributed by atoms with van der Waals surface area (Å²) in [6, 6.07) is 11.6. The van der Waals surface area contributed by atoms with Gasteiger partial charge in [0.15, 0.2) is 6.61 Å². The third-order valence-electron chi connectivity index (χ3n) is 3.93. The van der Waals surface area contributed by atoms with Gasteiger partial charge in [-0.1, -0.05) is 35.3 Å². The van der Waals surface area contributed by atoms with Gasteiger partial charge in [-0.25, -0.2) is 5.43 Å². The Kier molecular flexibility index (Phi) is 7.26. The SMILES string of the molecule is O=C(COc1cccc(/C=N\NC(=O)C(=O)NC2CC2)c1)Nc1ccc(Cl)c(Cl)c1. The summed E-state index contributed by atoms with van der Waals surface area (Å²) in [5.74, 6) is -1.48. The van der Waals surface area contributed by atoms with Gasteiger partial charge in [0.2, 0.25) is 0 Å². The highest BCUT2D eigenvalue weighted by molar-refractivity contribution is 6.42. The van der Waals surface area contributed by atoms with Crippen molar-refractivity contribution in [3.05, 3.63) is 58.1 Å². The van der Waals surface area contributed by atoms with E-state index in [4.69, 9.17) is 27.9 Å². The van der Waals surface area contributed by atoms with E-state index in [1.807, 2.05) is 0 Å². The minimum absolute atomic E-state index is 0.0925. The molecule has 10 heteroatoms. The van der Waals surface area contributed by atoms with E-state index in [0.717, 1.165) is 12.8 Å². The van der Waals surface area contributed by atoms with Crippen molar-refractivity contribution in [1.82, 2.24) is 10.7 Å². The molecule has 1 saturated carbocycles. The van der Waals surface area contributed by atoms with Crippen LogP contribution in [0.15, 0.2) is 47.6 Å². The third kappa shape index (κ3) is 6.75. The zero-order chi connectivity index (χ0) is 21.5. The molecule has 3 N–H and O–H groups in total. The van der Waals surface area contributed by atoms with Crippen LogP contribution < -0.4 is 20.8 Å². The number of hydrogen-bond acceptors (Lipinski definition) is 5. The lowest BCUT2D eigenvalue weighted by molar-refractivity contribution is -0.139. The minimum Gasteiger partial charge on any atom is -0.484 e. The van der Waals surface area contributed by atoms with Crippen molar-refractivity contribution in [3.8, 4) is 5.75 Å². The topological polar surface area (TPSA) is 109 Å². The highest BCUT2D eigenvalue weighted by Crippen LogP contribution is 2.25. The average molecular weight is 449 g/mol. The fraction of sp³-hybridized carbons (Fsp3) is 0.200. The lowest BCUT2D eigenvalue weighted by atomic mass is 10.2. The number of hydrogen-bond donors (Lipinski definition) is 3. The maximum Gasteiger partial charge on any atom is 0.329 e. The quantitative estimate of drug-likeness (QED) is 0.343. The molecule has 0 aliphatic heterocycles. The predicted octanol–water partition coefficient (Wildman–Crippen LogP) is 2.74.